The fourth-order valence-corrected chi connectivity index (χ4v) is 2.69. The zero-order valence-electron chi connectivity index (χ0n) is 7.40. The maximum Gasteiger partial charge on any atom is 0.263 e. The maximum absolute atomic E-state index is 11.1. The van der Waals surface area contributed by atoms with Crippen LogP contribution in [0, 0.1) is 0 Å². The summed E-state index contributed by atoms with van der Waals surface area (Å²) < 4.78 is 22.3. The number of para-hydroxylation sites is 1. The van der Waals surface area contributed by atoms with Crippen LogP contribution in [0.1, 0.15) is 0 Å². The Balaban J connectivity index is 3.53. The van der Waals surface area contributed by atoms with Gasteiger partial charge in [-0.05, 0) is 25.1 Å². The van der Waals surface area contributed by atoms with Crippen molar-refractivity contribution in [2.24, 2.45) is 4.99 Å². The molecule has 0 fully saturated rings. The molecule has 0 radical (unpaired) electrons. The molecule has 1 rings (SSSR count). The minimum atomic E-state index is -3.75. The summed E-state index contributed by atoms with van der Waals surface area (Å²) in [6, 6.07) is 4.79. The summed E-state index contributed by atoms with van der Waals surface area (Å²) in [5.41, 5.74) is 0.315. The quantitative estimate of drug-likeness (QED) is 0.470. The van der Waals surface area contributed by atoms with E-state index in [1.165, 1.54) is 17.8 Å². The molecule has 0 bridgehead atoms. The molecule has 0 spiro atoms. The van der Waals surface area contributed by atoms with Crippen LogP contribution in [0.25, 0.3) is 0 Å². The van der Waals surface area contributed by atoms with Gasteiger partial charge in [-0.25, -0.2) is 8.42 Å². The third kappa shape index (κ3) is 2.29. The van der Waals surface area contributed by atoms with Crippen LogP contribution in [-0.2, 0) is 9.05 Å². The standard InChI is InChI=1S/C8H8ClNO2S2/c1-10-8-6(13-2)4-3-5-7(8)14(9,11)12/h3-5H,1H2,2H3. The van der Waals surface area contributed by atoms with Gasteiger partial charge in [-0.1, -0.05) is 6.07 Å². The van der Waals surface area contributed by atoms with Crippen LogP contribution in [0.15, 0.2) is 33.0 Å². The molecule has 0 aliphatic carbocycles. The summed E-state index contributed by atoms with van der Waals surface area (Å²) in [5.74, 6) is 0. The van der Waals surface area contributed by atoms with E-state index in [4.69, 9.17) is 10.7 Å². The monoisotopic (exact) mass is 249 g/mol. The molecule has 0 saturated carbocycles. The Hall–Kier alpha value is -0.520. The lowest BCUT2D eigenvalue weighted by molar-refractivity contribution is 0.609. The van der Waals surface area contributed by atoms with Crippen LogP contribution >= 0.6 is 22.4 Å². The van der Waals surface area contributed by atoms with Crippen LogP contribution < -0.4 is 0 Å². The average Bonchev–Trinajstić information content (AvgIpc) is 2.15. The molecule has 0 N–H and O–H groups in total. The molecule has 0 atom stereocenters. The largest absolute Gasteiger partial charge is 0.263 e. The molecule has 1 aromatic carbocycles. The van der Waals surface area contributed by atoms with Gasteiger partial charge in [0.1, 0.15) is 4.90 Å². The van der Waals surface area contributed by atoms with Gasteiger partial charge in [0.15, 0.2) is 0 Å². The Bertz CT molecular complexity index is 456. The Morgan fingerprint density at radius 3 is 2.57 bits per heavy atom. The van der Waals surface area contributed by atoms with E-state index in [-0.39, 0.29) is 4.90 Å². The van der Waals surface area contributed by atoms with Crippen molar-refractivity contribution < 1.29 is 8.42 Å². The number of aliphatic imine (C=N–C) groups is 1. The highest BCUT2D eigenvalue weighted by Crippen LogP contribution is 2.35. The second-order valence-electron chi connectivity index (χ2n) is 2.40. The zero-order chi connectivity index (χ0) is 10.8. The molecule has 1 aromatic rings. The van der Waals surface area contributed by atoms with E-state index in [1.807, 2.05) is 6.26 Å². The van der Waals surface area contributed by atoms with E-state index in [2.05, 4.69) is 11.7 Å². The number of hydrogen-bond acceptors (Lipinski definition) is 4. The van der Waals surface area contributed by atoms with Gasteiger partial charge >= 0.3 is 0 Å². The molecule has 0 amide bonds. The van der Waals surface area contributed by atoms with Gasteiger partial charge < -0.3 is 0 Å². The van der Waals surface area contributed by atoms with Crippen molar-refractivity contribution in [3.05, 3.63) is 18.2 Å². The van der Waals surface area contributed by atoms with E-state index in [1.54, 1.807) is 12.1 Å². The topological polar surface area (TPSA) is 46.5 Å². The highest BCUT2D eigenvalue weighted by atomic mass is 35.7. The van der Waals surface area contributed by atoms with Crippen molar-refractivity contribution >= 4 is 43.9 Å². The van der Waals surface area contributed by atoms with Crippen molar-refractivity contribution in [1.82, 2.24) is 0 Å². The highest BCUT2D eigenvalue weighted by Gasteiger charge is 2.17. The molecule has 3 nitrogen and oxygen atoms in total. The number of rotatable bonds is 3. The fraction of sp³-hybridized carbons (Fsp3) is 0.125. The summed E-state index contributed by atoms with van der Waals surface area (Å²) in [5, 5.41) is 0. The third-order valence-corrected chi connectivity index (χ3v) is 3.73. The lowest BCUT2D eigenvalue weighted by Gasteiger charge is -2.05. The van der Waals surface area contributed by atoms with Gasteiger partial charge in [-0.15, -0.1) is 11.8 Å². The number of hydrogen-bond donors (Lipinski definition) is 0. The molecule has 0 aliphatic rings. The van der Waals surface area contributed by atoms with Crippen molar-refractivity contribution in [2.75, 3.05) is 6.26 Å². The summed E-state index contributed by atoms with van der Waals surface area (Å²) >= 11 is 1.39. The predicted octanol–water partition coefficient (Wildman–Crippen LogP) is 2.67. The molecule has 76 valence electrons. The van der Waals surface area contributed by atoms with Gasteiger partial charge in [-0.3, -0.25) is 4.99 Å². The first kappa shape index (κ1) is 11.6. The van der Waals surface area contributed by atoms with Gasteiger partial charge in [0, 0.05) is 15.6 Å². The SMILES string of the molecule is C=Nc1c(SC)cccc1S(=O)(=O)Cl. The lowest BCUT2D eigenvalue weighted by Crippen LogP contribution is -1.91. The minimum Gasteiger partial charge on any atom is -0.262 e. The lowest BCUT2D eigenvalue weighted by atomic mass is 10.3. The van der Waals surface area contributed by atoms with E-state index in [0.717, 1.165) is 4.90 Å². The first-order valence-corrected chi connectivity index (χ1v) is 7.12. The number of halogens is 1. The van der Waals surface area contributed by atoms with E-state index >= 15 is 0 Å². The van der Waals surface area contributed by atoms with E-state index < -0.39 is 9.05 Å². The number of benzene rings is 1. The van der Waals surface area contributed by atoms with Crippen molar-refractivity contribution in [3.8, 4) is 0 Å². The molecule has 0 aromatic heterocycles. The van der Waals surface area contributed by atoms with Crippen LogP contribution in [0.4, 0.5) is 5.69 Å². The first-order valence-electron chi connectivity index (χ1n) is 3.59. The highest BCUT2D eigenvalue weighted by molar-refractivity contribution is 8.13. The Kier molecular flexibility index (Phi) is 3.58. The smallest absolute Gasteiger partial charge is 0.262 e. The molecular formula is C8H8ClNO2S2. The molecule has 6 heteroatoms. The normalized spacial score (nSPS) is 11.3. The Morgan fingerprint density at radius 2 is 2.14 bits per heavy atom. The first-order chi connectivity index (χ1) is 6.50. The van der Waals surface area contributed by atoms with Gasteiger partial charge in [0.2, 0.25) is 0 Å². The van der Waals surface area contributed by atoms with E-state index in [0.29, 0.717) is 5.69 Å². The van der Waals surface area contributed by atoms with Gasteiger partial charge in [0.25, 0.3) is 9.05 Å². The van der Waals surface area contributed by atoms with Gasteiger partial charge in [-0.2, -0.15) is 0 Å². The molecule has 0 aliphatic heterocycles. The van der Waals surface area contributed by atoms with Crippen LogP contribution in [-0.4, -0.2) is 21.4 Å². The fourth-order valence-electron chi connectivity index (χ4n) is 1.02. The second kappa shape index (κ2) is 4.33. The molecule has 0 unspecified atom stereocenters. The summed E-state index contributed by atoms with van der Waals surface area (Å²) in [7, 11) is 1.49. The minimum absolute atomic E-state index is 0.000941. The van der Waals surface area contributed by atoms with Crippen molar-refractivity contribution in [2.45, 2.75) is 9.79 Å². The maximum atomic E-state index is 11.1. The molecule has 0 heterocycles. The van der Waals surface area contributed by atoms with Crippen molar-refractivity contribution in [1.29, 1.82) is 0 Å². The average molecular weight is 250 g/mol. The number of nitrogens with zero attached hydrogens (tertiary/aromatic N) is 1. The Morgan fingerprint density at radius 1 is 1.50 bits per heavy atom. The second-order valence-corrected chi connectivity index (χ2v) is 5.79. The molecule has 14 heavy (non-hydrogen) atoms. The number of thioether (sulfide) groups is 1. The Labute approximate surface area is 91.6 Å². The van der Waals surface area contributed by atoms with Crippen LogP contribution in [0.2, 0.25) is 0 Å². The molecule has 0 saturated heterocycles. The van der Waals surface area contributed by atoms with E-state index in [9.17, 15) is 8.42 Å². The predicted molar refractivity (Wildman–Crippen MR) is 60.5 cm³/mol. The zero-order valence-corrected chi connectivity index (χ0v) is 9.79. The van der Waals surface area contributed by atoms with Gasteiger partial charge in [0.05, 0.1) is 5.69 Å². The van der Waals surface area contributed by atoms with Crippen LogP contribution in [0.3, 0.4) is 0 Å². The summed E-state index contributed by atoms with van der Waals surface area (Å²) in [6.07, 6.45) is 1.83. The third-order valence-electron chi connectivity index (χ3n) is 1.60. The van der Waals surface area contributed by atoms with Crippen LogP contribution in [0.5, 0.6) is 0 Å². The van der Waals surface area contributed by atoms with Crippen molar-refractivity contribution in [3.63, 3.8) is 0 Å². The summed E-state index contributed by atoms with van der Waals surface area (Å²) in [4.78, 5) is 4.41. The molecular weight excluding hydrogens is 242 g/mol. The summed E-state index contributed by atoms with van der Waals surface area (Å²) in [6.45, 7) is 3.33.